The number of nitrogens with zero attached hydrogens (tertiary/aromatic N) is 4. The molecular weight excluding hydrogens is 324 g/mol. The van der Waals surface area contributed by atoms with Crippen molar-refractivity contribution < 1.29 is 14.3 Å². The van der Waals surface area contributed by atoms with Crippen molar-refractivity contribution in [1.82, 2.24) is 19.9 Å². The highest BCUT2D eigenvalue weighted by Gasteiger charge is 2.21. The van der Waals surface area contributed by atoms with E-state index in [2.05, 4.69) is 25.3 Å². The van der Waals surface area contributed by atoms with Gasteiger partial charge in [-0.3, -0.25) is 10.3 Å². The Labute approximate surface area is 145 Å². The van der Waals surface area contributed by atoms with Crippen molar-refractivity contribution in [2.24, 2.45) is 5.73 Å². The van der Waals surface area contributed by atoms with Crippen molar-refractivity contribution in [3.63, 3.8) is 0 Å². The molecule has 9 heteroatoms. The minimum atomic E-state index is -0.532. The zero-order valence-corrected chi connectivity index (χ0v) is 13.9. The topological polar surface area (TPSA) is 125 Å². The highest BCUT2D eigenvalue weighted by atomic mass is 16.6. The molecule has 2 heterocycles. The minimum absolute atomic E-state index is 0.0940. The van der Waals surface area contributed by atoms with E-state index >= 15 is 0 Å². The smallest absolute Gasteiger partial charge is 0.413 e. The second kappa shape index (κ2) is 7.84. The number of rotatable bonds is 4. The normalized spacial score (nSPS) is 19.9. The Hall–Kier alpha value is -2.81. The van der Waals surface area contributed by atoms with E-state index in [1.807, 2.05) is 0 Å². The van der Waals surface area contributed by atoms with Crippen molar-refractivity contribution in [1.29, 1.82) is 0 Å². The summed E-state index contributed by atoms with van der Waals surface area (Å²) in [5, 5.41) is 2.58. The summed E-state index contributed by atoms with van der Waals surface area (Å²) < 4.78 is 10.3. The maximum absolute atomic E-state index is 11.9. The lowest BCUT2D eigenvalue weighted by Gasteiger charge is -2.25. The van der Waals surface area contributed by atoms with Gasteiger partial charge in [0, 0.05) is 24.0 Å². The summed E-state index contributed by atoms with van der Waals surface area (Å²) in [5.41, 5.74) is 7.12. The van der Waals surface area contributed by atoms with E-state index in [-0.39, 0.29) is 18.2 Å². The van der Waals surface area contributed by atoms with Gasteiger partial charge in [-0.05, 0) is 25.7 Å². The summed E-state index contributed by atoms with van der Waals surface area (Å²) in [5.74, 6) is 0.315. The number of ether oxygens (including phenoxy) is 2. The summed E-state index contributed by atoms with van der Waals surface area (Å²) in [4.78, 5) is 28.4. The predicted molar refractivity (Wildman–Crippen MR) is 89.9 cm³/mol. The van der Waals surface area contributed by atoms with Crippen LogP contribution in [0.4, 0.5) is 10.6 Å². The molecule has 0 saturated heterocycles. The van der Waals surface area contributed by atoms with Crippen LogP contribution in [0.1, 0.15) is 25.7 Å². The number of nitrogens with two attached hydrogens (primary N) is 1. The molecule has 2 aromatic rings. The molecule has 2 aromatic heterocycles. The fraction of sp³-hybridized carbons (Fsp3) is 0.438. The minimum Gasteiger partial charge on any atom is -0.467 e. The lowest BCUT2D eigenvalue weighted by Crippen LogP contribution is -2.32. The van der Waals surface area contributed by atoms with Gasteiger partial charge < -0.3 is 15.2 Å². The van der Waals surface area contributed by atoms with Crippen molar-refractivity contribution in [3.8, 4) is 17.3 Å². The predicted octanol–water partition coefficient (Wildman–Crippen LogP) is 1.76. The highest BCUT2D eigenvalue weighted by Crippen LogP contribution is 2.20. The van der Waals surface area contributed by atoms with Crippen molar-refractivity contribution in [2.45, 2.75) is 37.8 Å². The van der Waals surface area contributed by atoms with Crippen LogP contribution in [0, 0.1) is 0 Å². The van der Waals surface area contributed by atoms with Crippen LogP contribution in [0.5, 0.6) is 6.01 Å². The van der Waals surface area contributed by atoms with Crippen LogP contribution in [0.3, 0.4) is 0 Å². The maximum atomic E-state index is 11.9. The van der Waals surface area contributed by atoms with Crippen LogP contribution >= 0.6 is 0 Å². The van der Waals surface area contributed by atoms with Crippen LogP contribution in [-0.2, 0) is 4.74 Å². The lowest BCUT2D eigenvalue weighted by atomic mass is 9.94. The molecule has 1 aliphatic rings. The molecule has 0 radical (unpaired) electrons. The fourth-order valence-corrected chi connectivity index (χ4v) is 2.59. The Balaban J connectivity index is 1.55. The molecule has 1 saturated carbocycles. The van der Waals surface area contributed by atoms with Crippen molar-refractivity contribution in [3.05, 3.63) is 24.8 Å². The second-order valence-corrected chi connectivity index (χ2v) is 5.81. The third-order valence-electron chi connectivity index (χ3n) is 3.98. The van der Waals surface area contributed by atoms with Gasteiger partial charge in [0.1, 0.15) is 6.10 Å². The van der Waals surface area contributed by atoms with Crippen molar-refractivity contribution >= 4 is 11.9 Å². The van der Waals surface area contributed by atoms with Gasteiger partial charge in [-0.15, -0.1) is 0 Å². The molecule has 0 aromatic carbocycles. The van der Waals surface area contributed by atoms with Gasteiger partial charge in [-0.25, -0.2) is 19.7 Å². The van der Waals surface area contributed by atoms with Crippen LogP contribution in [0.25, 0.3) is 11.3 Å². The average molecular weight is 344 g/mol. The summed E-state index contributed by atoms with van der Waals surface area (Å²) in [7, 11) is 1.50. The number of nitrogens with one attached hydrogen (secondary N) is 1. The Kier molecular flexibility index (Phi) is 5.34. The highest BCUT2D eigenvalue weighted by molar-refractivity contribution is 5.83. The number of carbonyl (C=O) groups is 1. The first kappa shape index (κ1) is 17.0. The SMILES string of the molecule is COc1ncc(-c2cnc(NC(=O)O[C@H]3CC[C@H](N)CC3)cn2)cn1. The summed E-state index contributed by atoms with van der Waals surface area (Å²) in [6, 6.07) is 0.490. The van der Waals surface area contributed by atoms with E-state index in [1.165, 1.54) is 19.5 Å². The largest absolute Gasteiger partial charge is 0.467 e. The molecule has 0 aliphatic heterocycles. The Bertz CT molecular complexity index is 699. The number of anilines is 1. The molecule has 1 aliphatic carbocycles. The van der Waals surface area contributed by atoms with Crippen LogP contribution < -0.4 is 15.8 Å². The zero-order chi connectivity index (χ0) is 17.6. The molecular formula is C16H20N6O3. The van der Waals surface area contributed by atoms with E-state index in [4.69, 9.17) is 15.2 Å². The van der Waals surface area contributed by atoms with Crippen LogP contribution in [0.15, 0.2) is 24.8 Å². The van der Waals surface area contributed by atoms with E-state index in [9.17, 15) is 4.79 Å². The molecule has 0 atom stereocenters. The molecule has 1 amide bonds. The molecule has 25 heavy (non-hydrogen) atoms. The van der Waals surface area contributed by atoms with Gasteiger partial charge in [-0.2, -0.15) is 0 Å². The van der Waals surface area contributed by atoms with Gasteiger partial charge in [0.15, 0.2) is 5.82 Å². The first-order valence-corrected chi connectivity index (χ1v) is 8.05. The second-order valence-electron chi connectivity index (χ2n) is 5.81. The van der Waals surface area contributed by atoms with Gasteiger partial charge >= 0.3 is 12.1 Å². The van der Waals surface area contributed by atoms with Gasteiger partial charge in [0.25, 0.3) is 0 Å². The lowest BCUT2D eigenvalue weighted by molar-refractivity contribution is 0.0826. The molecule has 0 unspecified atom stereocenters. The first-order chi connectivity index (χ1) is 12.1. The number of carbonyl (C=O) groups excluding carboxylic acids is 1. The van der Waals surface area contributed by atoms with Crippen LogP contribution in [0.2, 0.25) is 0 Å². The van der Waals surface area contributed by atoms with E-state index in [0.717, 1.165) is 25.7 Å². The number of hydrogen-bond donors (Lipinski definition) is 2. The van der Waals surface area contributed by atoms with Gasteiger partial charge in [0.05, 0.1) is 25.2 Å². The standard InChI is InChI=1S/C16H20N6O3/c1-24-15-20-6-10(7-21-15)13-8-19-14(9-18-13)22-16(23)25-12-4-2-11(17)3-5-12/h6-9,11-12H,2-5,17H2,1H3,(H,19,22,23)/t11-,12-. The summed E-state index contributed by atoms with van der Waals surface area (Å²) in [6.07, 6.45) is 8.85. The van der Waals surface area contributed by atoms with Crippen molar-refractivity contribution in [2.75, 3.05) is 12.4 Å². The number of aromatic nitrogens is 4. The maximum Gasteiger partial charge on any atom is 0.413 e. The summed E-state index contributed by atoms with van der Waals surface area (Å²) >= 11 is 0. The van der Waals surface area contributed by atoms with Gasteiger partial charge in [-0.1, -0.05) is 0 Å². The van der Waals surface area contributed by atoms with Crippen LogP contribution in [-0.4, -0.2) is 45.3 Å². The molecule has 0 bridgehead atoms. The number of methoxy groups -OCH3 is 1. The number of amides is 1. The third kappa shape index (κ3) is 4.60. The third-order valence-corrected chi connectivity index (χ3v) is 3.98. The quantitative estimate of drug-likeness (QED) is 0.859. The van der Waals surface area contributed by atoms with E-state index < -0.39 is 6.09 Å². The Morgan fingerprint density at radius 2 is 1.80 bits per heavy atom. The molecule has 132 valence electrons. The Morgan fingerprint density at radius 3 is 2.40 bits per heavy atom. The van der Waals surface area contributed by atoms with E-state index in [1.54, 1.807) is 12.4 Å². The zero-order valence-electron chi connectivity index (χ0n) is 13.9. The summed E-state index contributed by atoms with van der Waals surface area (Å²) in [6.45, 7) is 0. The van der Waals surface area contributed by atoms with Gasteiger partial charge in [0.2, 0.25) is 0 Å². The molecule has 0 spiro atoms. The average Bonchev–Trinajstić information content (AvgIpc) is 2.64. The first-order valence-electron chi connectivity index (χ1n) is 8.05. The fourth-order valence-electron chi connectivity index (χ4n) is 2.59. The molecule has 3 rings (SSSR count). The van der Waals surface area contributed by atoms with E-state index in [0.29, 0.717) is 17.1 Å². The number of hydrogen-bond acceptors (Lipinski definition) is 8. The molecule has 9 nitrogen and oxygen atoms in total. The monoisotopic (exact) mass is 344 g/mol. The molecule has 3 N–H and O–H groups in total. The molecule has 1 fully saturated rings. The Morgan fingerprint density at radius 1 is 1.08 bits per heavy atom.